The number of hydrogen-bond acceptors (Lipinski definition) is 12. The molecule has 3 aromatic heterocycles. The number of cyclic esters (lactones) is 1. The highest BCUT2D eigenvalue weighted by Crippen LogP contribution is 2.48. The van der Waals surface area contributed by atoms with E-state index in [0.29, 0.717) is 52.1 Å². The number of rotatable bonds is 7. The number of benzene rings is 1. The Labute approximate surface area is 367 Å². The molecule has 15 heteroatoms. The summed E-state index contributed by atoms with van der Waals surface area (Å²) in [5.74, 6) is -0.528. The van der Waals surface area contributed by atoms with Crippen LogP contribution in [0.4, 0.5) is 0 Å². The van der Waals surface area contributed by atoms with Gasteiger partial charge in [0, 0.05) is 78.3 Å². The molecule has 4 aromatic rings. The second-order valence-corrected chi connectivity index (χ2v) is 20.4. The van der Waals surface area contributed by atoms with Crippen LogP contribution in [0.1, 0.15) is 94.8 Å². The molecule has 6 bridgehead atoms. The Morgan fingerprint density at radius 1 is 1.11 bits per heavy atom. The van der Waals surface area contributed by atoms with Crippen molar-refractivity contribution in [1.82, 2.24) is 35.2 Å². The van der Waals surface area contributed by atoms with Crippen molar-refractivity contribution in [2.24, 2.45) is 23.2 Å². The van der Waals surface area contributed by atoms with E-state index in [1.807, 2.05) is 19.2 Å². The third-order valence-corrected chi connectivity index (χ3v) is 15.5. The summed E-state index contributed by atoms with van der Waals surface area (Å²) in [7, 11) is 1.71. The molecule has 6 aliphatic rings. The lowest BCUT2D eigenvalue weighted by Gasteiger charge is -2.52. The second-order valence-electron chi connectivity index (χ2n) is 19.5. The van der Waals surface area contributed by atoms with Crippen molar-refractivity contribution in [1.29, 1.82) is 0 Å². The van der Waals surface area contributed by atoms with Gasteiger partial charge in [-0.3, -0.25) is 29.3 Å². The van der Waals surface area contributed by atoms with Crippen LogP contribution in [0.25, 0.3) is 33.4 Å². The lowest BCUT2D eigenvalue weighted by Crippen LogP contribution is -2.68. The monoisotopic (exact) mass is 865 g/mol. The minimum Gasteiger partial charge on any atom is -0.464 e. The highest BCUT2D eigenvalue weighted by Gasteiger charge is 2.55. The quantitative estimate of drug-likeness (QED) is 0.210. The average Bonchev–Trinajstić information content (AvgIpc) is 3.72. The van der Waals surface area contributed by atoms with Gasteiger partial charge in [-0.15, -0.1) is 11.3 Å². The van der Waals surface area contributed by atoms with E-state index >= 15 is 4.79 Å². The largest absolute Gasteiger partial charge is 0.464 e. The molecular weight excluding hydrogens is 807 g/mol. The van der Waals surface area contributed by atoms with Crippen LogP contribution < -0.4 is 10.7 Å². The molecule has 14 nitrogen and oxygen atoms in total. The lowest BCUT2D eigenvalue weighted by molar-refractivity contribution is -0.159. The zero-order valence-corrected chi connectivity index (χ0v) is 37.5. The number of esters is 1. The van der Waals surface area contributed by atoms with Gasteiger partial charge < -0.3 is 28.8 Å². The molecule has 2 N–H and O–H groups in total. The average molecular weight is 866 g/mol. The highest BCUT2D eigenvalue weighted by molar-refractivity contribution is 7.10. The standard InChI is InChI=1S/C47H59N7O7S/c1-26-27(2)37(26)42(55)50-39-41(52-23-47(24-52)14-9-17-61-47)43-49-35(22-62-43)29-12-13-36-32(18-29)33(19-46(4,5)25-60-45(57)34-11-8-16-53(51-34)44(39)56)40(54(36)30-20-59-21-30)31-10-7-15-48-38(31)28(3)58-6/h7,10,12-13,15,18,22,26-28,30,34,37,39,41,51H,8-9,11,14,16-17,19-21,23-25H2,1-6H3,(H,50,55)/t26-,27+,28-,34-,37?,39-,41-/m0/s1. The lowest BCUT2D eigenvalue weighted by atomic mass is 9.84. The van der Waals surface area contributed by atoms with E-state index < -0.39 is 29.5 Å². The molecule has 330 valence electrons. The van der Waals surface area contributed by atoms with Crippen molar-refractivity contribution in [2.75, 3.05) is 53.2 Å². The van der Waals surface area contributed by atoms with Crippen molar-refractivity contribution >= 4 is 40.0 Å². The van der Waals surface area contributed by atoms with Gasteiger partial charge in [0.2, 0.25) is 5.91 Å². The fourth-order valence-electron chi connectivity index (χ4n) is 10.6. The topological polar surface area (TPSA) is 149 Å². The first-order chi connectivity index (χ1) is 29.8. The third kappa shape index (κ3) is 7.35. The summed E-state index contributed by atoms with van der Waals surface area (Å²) in [5, 5.41) is 8.72. The Bertz CT molecular complexity index is 2370. The van der Waals surface area contributed by atoms with Crippen LogP contribution >= 0.6 is 11.3 Å². The zero-order valence-electron chi connectivity index (χ0n) is 36.6. The molecule has 1 aromatic carbocycles. The SMILES string of the molecule is CO[C@@H](C)c1ncccc1-c1c2c3cc(ccc3n1C1COC1)-c1csc(n1)[C@@H](N1CC3(CCCO3)C1)[C@H](NC(=O)C1[C@@H](C)[C@H]1C)C(=O)N1CCC[C@H](N1)C(=O)OCC(C)(C)C2. The van der Waals surface area contributed by atoms with Gasteiger partial charge in [-0.2, -0.15) is 0 Å². The minimum atomic E-state index is -0.959. The van der Waals surface area contributed by atoms with E-state index in [-0.39, 0.29) is 53.9 Å². The van der Waals surface area contributed by atoms with Gasteiger partial charge in [0.05, 0.1) is 60.7 Å². The zero-order chi connectivity index (χ0) is 43.1. The summed E-state index contributed by atoms with van der Waals surface area (Å²) in [6.45, 7) is 14.2. The molecule has 4 saturated heterocycles. The number of hydrazine groups is 1. The van der Waals surface area contributed by atoms with Gasteiger partial charge in [-0.05, 0) is 80.7 Å². The summed E-state index contributed by atoms with van der Waals surface area (Å²) in [5.41, 5.74) is 9.36. The maximum absolute atomic E-state index is 15.0. The number of hydrogen-bond donors (Lipinski definition) is 2. The normalized spacial score (nSPS) is 29.2. The van der Waals surface area contributed by atoms with Gasteiger partial charge in [-0.25, -0.2) is 10.4 Å². The summed E-state index contributed by atoms with van der Waals surface area (Å²) in [6.07, 6.45) is 5.23. The minimum absolute atomic E-state index is 0.113. The number of thiazole rings is 1. The predicted molar refractivity (Wildman–Crippen MR) is 234 cm³/mol. The molecule has 62 heavy (non-hydrogen) atoms. The number of methoxy groups -OCH3 is 1. The summed E-state index contributed by atoms with van der Waals surface area (Å²) in [6, 6.07) is 8.54. The predicted octanol–water partition coefficient (Wildman–Crippen LogP) is 6.02. The molecule has 7 atom stereocenters. The molecule has 2 amide bonds. The number of likely N-dealkylation sites (tertiary alicyclic amines) is 1. The Hall–Kier alpha value is -4.25. The van der Waals surface area contributed by atoms with Gasteiger partial charge in [-0.1, -0.05) is 33.8 Å². The Kier molecular flexibility index (Phi) is 10.8. The number of ether oxygens (including phenoxy) is 4. The maximum Gasteiger partial charge on any atom is 0.324 e. The van der Waals surface area contributed by atoms with Crippen LogP contribution in [-0.4, -0.2) is 113 Å². The molecule has 1 unspecified atom stereocenters. The van der Waals surface area contributed by atoms with Crippen LogP contribution in [0.2, 0.25) is 0 Å². The van der Waals surface area contributed by atoms with Crippen LogP contribution in [0, 0.1) is 23.2 Å². The number of carbonyl (C=O) groups is 3. The van der Waals surface area contributed by atoms with Crippen molar-refractivity contribution in [2.45, 2.75) is 103 Å². The van der Waals surface area contributed by atoms with E-state index in [0.717, 1.165) is 69.1 Å². The van der Waals surface area contributed by atoms with Gasteiger partial charge >= 0.3 is 5.97 Å². The summed E-state index contributed by atoms with van der Waals surface area (Å²) >= 11 is 1.52. The summed E-state index contributed by atoms with van der Waals surface area (Å²) in [4.78, 5) is 55.7. The number of carbonyl (C=O) groups excluding carboxylic acids is 3. The number of amides is 2. The summed E-state index contributed by atoms with van der Waals surface area (Å²) < 4.78 is 26.6. The van der Waals surface area contributed by atoms with Gasteiger partial charge in [0.15, 0.2) is 0 Å². The Morgan fingerprint density at radius 2 is 1.92 bits per heavy atom. The number of aromatic nitrogens is 3. The Balaban J connectivity index is 1.14. The molecule has 1 aliphatic carbocycles. The first-order valence-corrected chi connectivity index (χ1v) is 23.3. The van der Waals surface area contributed by atoms with E-state index in [9.17, 15) is 9.59 Å². The molecular formula is C47H59N7O7S. The first-order valence-electron chi connectivity index (χ1n) is 22.5. The van der Waals surface area contributed by atoms with Gasteiger partial charge in [0.1, 0.15) is 17.1 Å². The number of nitrogens with one attached hydrogen (secondary N) is 2. The fraction of sp³-hybridized carbons (Fsp3) is 0.596. The van der Waals surface area contributed by atoms with Crippen molar-refractivity contribution < 1.29 is 33.3 Å². The van der Waals surface area contributed by atoms with Crippen LogP contribution in [-0.2, 0) is 39.8 Å². The van der Waals surface area contributed by atoms with Crippen molar-refractivity contribution in [3.63, 3.8) is 0 Å². The Morgan fingerprint density at radius 3 is 2.63 bits per heavy atom. The molecule has 0 radical (unpaired) electrons. The second kappa shape index (κ2) is 16.1. The number of nitrogens with zero attached hydrogens (tertiary/aromatic N) is 5. The molecule has 1 saturated carbocycles. The first kappa shape index (κ1) is 41.7. The number of pyridine rings is 1. The van der Waals surface area contributed by atoms with E-state index in [2.05, 4.69) is 77.6 Å². The molecule has 10 rings (SSSR count). The third-order valence-electron chi connectivity index (χ3n) is 14.6. The molecule has 5 aliphatic heterocycles. The molecule has 5 fully saturated rings. The van der Waals surface area contributed by atoms with E-state index in [1.165, 1.54) is 11.3 Å². The molecule has 8 heterocycles. The van der Waals surface area contributed by atoms with E-state index in [4.69, 9.17) is 28.9 Å². The number of fused-ring (bicyclic) bond motifs is 6. The van der Waals surface area contributed by atoms with Crippen LogP contribution in [0.5, 0.6) is 0 Å². The van der Waals surface area contributed by atoms with Gasteiger partial charge in [0.25, 0.3) is 5.91 Å². The van der Waals surface area contributed by atoms with Crippen molar-refractivity contribution in [3.05, 3.63) is 58.2 Å². The highest BCUT2D eigenvalue weighted by atomic mass is 32.1. The smallest absolute Gasteiger partial charge is 0.324 e. The van der Waals surface area contributed by atoms with Crippen LogP contribution in [0.3, 0.4) is 0 Å². The van der Waals surface area contributed by atoms with Crippen molar-refractivity contribution in [3.8, 4) is 22.5 Å². The maximum atomic E-state index is 15.0. The van der Waals surface area contributed by atoms with E-state index in [1.54, 1.807) is 12.1 Å². The fourth-order valence-corrected chi connectivity index (χ4v) is 11.6. The molecule has 1 spiro atoms. The van der Waals surface area contributed by atoms with Crippen LogP contribution in [0.15, 0.2) is 41.9 Å².